The normalized spacial score (nSPS) is 12.8. The summed E-state index contributed by atoms with van der Waals surface area (Å²) in [5.74, 6) is -2.32. The molecule has 0 aromatic heterocycles. The zero-order valence-electron chi connectivity index (χ0n) is 11.0. The van der Waals surface area contributed by atoms with Crippen LogP contribution in [0.4, 0.5) is 0 Å². The third-order valence-electron chi connectivity index (χ3n) is 2.46. The fraction of sp³-hybridized carbons (Fsp3) is 0.750. The van der Waals surface area contributed by atoms with E-state index in [1.54, 1.807) is 20.8 Å². The molecule has 1 unspecified atom stereocenters. The maximum Gasteiger partial charge on any atom is 0.326 e. The lowest BCUT2D eigenvalue weighted by Crippen LogP contribution is -2.49. The van der Waals surface area contributed by atoms with Crippen LogP contribution in [0.2, 0.25) is 0 Å². The van der Waals surface area contributed by atoms with Crippen molar-refractivity contribution in [3.05, 3.63) is 0 Å². The quantitative estimate of drug-likeness (QED) is 0.597. The molecule has 6 heteroatoms. The van der Waals surface area contributed by atoms with Crippen molar-refractivity contribution in [2.75, 3.05) is 0 Å². The van der Waals surface area contributed by atoms with E-state index in [9.17, 15) is 14.4 Å². The van der Waals surface area contributed by atoms with Crippen LogP contribution in [0.3, 0.4) is 0 Å². The minimum Gasteiger partial charge on any atom is -0.481 e. The van der Waals surface area contributed by atoms with Gasteiger partial charge in [0.2, 0.25) is 5.91 Å². The van der Waals surface area contributed by atoms with Crippen molar-refractivity contribution in [2.24, 2.45) is 5.41 Å². The third-order valence-corrected chi connectivity index (χ3v) is 2.46. The summed E-state index contributed by atoms with van der Waals surface area (Å²) in [6, 6.07) is -0.940. The van der Waals surface area contributed by atoms with Crippen LogP contribution >= 0.6 is 0 Å². The SMILES string of the molecule is CC(C)(C)C(NC(=O)CCCCC(=O)O)C(=O)O. The summed E-state index contributed by atoms with van der Waals surface area (Å²) in [4.78, 5) is 32.8. The van der Waals surface area contributed by atoms with Crippen molar-refractivity contribution in [3.8, 4) is 0 Å². The van der Waals surface area contributed by atoms with Gasteiger partial charge in [0.1, 0.15) is 6.04 Å². The van der Waals surface area contributed by atoms with Crippen LogP contribution in [0.1, 0.15) is 46.5 Å². The zero-order chi connectivity index (χ0) is 14.3. The highest BCUT2D eigenvalue weighted by atomic mass is 16.4. The Bertz CT molecular complexity index is 319. The van der Waals surface area contributed by atoms with Crippen LogP contribution < -0.4 is 5.32 Å². The van der Waals surface area contributed by atoms with Gasteiger partial charge in [-0.05, 0) is 18.3 Å². The van der Waals surface area contributed by atoms with E-state index in [0.29, 0.717) is 12.8 Å². The Hall–Kier alpha value is -1.59. The molecule has 0 aromatic carbocycles. The lowest BCUT2D eigenvalue weighted by atomic mass is 9.86. The van der Waals surface area contributed by atoms with Gasteiger partial charge in [-0.2, -0.15) is 0 Å². The number of carboxylic acid groups (broad SMARTS) is 2. The number of rotatable bonds is 7. The van der Waals surface area contributed by atoms with E-state index in [-0.39, 0.29) is 18.7 Å². The average molecular weight is 259 g/mol. The van der Waals surface area contributed by atoms with Gasteiger partial charge in [0, 0.05) is 12.8 Å². The lowest BCUT2D eigenvalue weighted by Gasteiger charge is -2.27. The van der Waals surface area contributed by atoms with Crippen molar-refractivity contribution in [2.45, 2.75) is 52.5 Å². The second-order valence-corrected chi connectivity index (χ2v) is 5.31. The van der Waals surface area contributed by atoms with Crippen LogP contribution in [-0.2, 0) is 14.4 Å². The van der Waals surface area contributed by atoms with Gasteiger partial charge in [0.05, 0.1) is 0 Å². The summed E-state index contributed by atoms with van der Waals surface area (Å²) in [7, 11) is 0. The number of amides is 1. The molecule has 1 atom stereocenters. The molecule has 104 valence electrons. The number of hydrogen-bond donors (Lipinski definition) is 3. The molecule has 3 N–H and O–H groups in total. The van der Waals surface area contributed by atoms with Gasteiger partial charge in [-0.25, -0.2) is 4.79 Å². The predicted molar refractivity (Wildman–Crippen MR) is 65.1 cm³/mol. The van der Waals surface area contributed by atoms with Crippen LogP contribution in [0.5, 0.6) is 0 Å². The number of carbonyl (C=O) groups excluding carboxylic acids is 1. The van der Waals surface area contributed by atoms with E-state index in [4.69, 9.17) is 10.2 Å². The fourth-order valence-corrected chi connectivity index (χ4v) is 1.44. The monoisotopic (exact) mass is 259 g/mol. The maximum absolute atomic E-state index is 11.5. The average Bonchev–Trinajstić information content (AvgIpc) is 2.18. The Kier molecular flexibility index (Phi) is 6.36. The van der Waals surface area contributed by atoms with Crippen molar-refractivity contribution in [1.29, 1.82) is 0 Å². The summed E-state index contributed by atoms with van der Waals surface area (Å²) in [5.41, 5.74) is -0.567. The van der Waals surface area contributed by atoms with Crippen molar-refractivity contribution in [3.63, 3.8) is 0 Å². The number of aliphatic carboxylic acids is 2. The maximum atomic E-state index is 11.5. The van der Waals surface area contributed by atoms with Gasteiger partial charge in [-0.15, -0.1) is 0 Å². The molecule has 0 heterocycles. The number of nitrogens with one attached hydrogen (secondary N) is 1. The van der Waals surface area contributed by atoms with Crippen molar-refractivity contribution < 1.29 is 24.6 Å². The highest BCUT2D eigenvalue weighted by molar-refractivity contribution is 5.84. The Morgan fingerprint density at radius 2 is 1.56 bits per heavy atom. The Labute approximate surface area is 106 Å². The molecule has 1 amide bonds. The molecule has 0 rings (SSSR count). The van der Waals surface area contributed by atoms with E-state index in [1.165, 1.54) is 0 Å². The molecule has 6 nitrogen and oxygen atoms in total. The van der Waals surface area contributed by atoms with Gasteiger partial charge in [0.15, 0.2) is 0 Å². The van der Waals surface area contributed by atoms with Gasteiger partial charge >= 0.3 is 11.9 Å². The first-order chi connectivity index (χ1) is 8.14. The highest BCUT2D eigenvalue weighted by Gasteiger charge is 2.32. The Balaban J connectivity index is 4.12. The summed E-state index contributed by atoms with van der Waals surface area (Å²) in [6.07, 6.45) is 1.02. The first-order valence-corrected chi connectivity index (χ1v) is 5.88. The fourth-order valence-electron chi connectivity index (χ4n) is 1.44. The predicted octanol–water partition coefficient (Wildman–Crippen LogP) is 1.25. The standard InChI is InChI=1S/C12H21NO5/c1-12(2,3)10(11(17)18)13-8(14)6-4-5-7-9(15)16/h10H,4-7H2,1-3H3,(H,13,14)(H,15,16)(H,17,18). The molecule has 0 saturated carbocycles. The molecule has 0 saturated heterocycles. The lowest BCUT2D eigenvalue weighted by molar-refractivity contribution is -0.145. The first-order valence-electron chi connectivity index (χ1n) is 5.88. The van der Waals surface area contributed by atoms with Crippen molar-refractivity contribution in [1.82, 2.24) is 5.32 Å². The second kappa shape index (κ2) is 6.98. The molecule has 0 aliphatic rings. The molecule has 0 bridgehead atoms. The minimum absolute atomic E-state index is 0.0227. The Morgan fingerprint density at radius 1 is 1.06 bits per heavy atom. The van der Waals surface area contributed by atoms with Gasteiger partial charge < -0.3 is 15.5 Å². The molecular weight excluding hydrogens is 238 g/mol. The van der Waals surface area contributed by atoms with Gasteiger partial charge in [-0.3, -0.25) is 9.59 Å². The molecule has 0 radical (unpaired) electrons. The second-order valence-electron chi connectivity index (χ2n) is 5.31. The van der Waals surface area contributed by atoms with Gasteiger partial charge in [0.25, 0.3) is 0 Å². The number of carboxylic acids is 2. The van der Waals surface area contributed by atoms with Crippen LogP contribution in [0.15, 0.2) is 0 Å². The zero-order valence-corrected chi connectivity index (χ0v) is 11.0. The molecule has 0 fully saturated rings. The van der Waals surface area contributed by atoms with Crippen molar-refractivity contribution >= 4 is 17.8 Å². The number of hydrogen-bond acceptors (Lipinski definition) is 3. The van der Waals surface area contributed by atoms with Crippen LogP contribution in [0, 0.1) is 5.41 Å². The minimum atomic E-state index is -1.07. The van der Waals surface area contributed by atoms with E-state index >= 15 is 0 Å². The highest BCUT2D eigenvalue weighted by Crippen LogP contribution is 2.19. The molecule has 0 spiro atoms. The van der Waals surface area contributed by atoms with Gasteiger partial charge in [-0.1, -0.05) is 20.8 Å². The first kappa shape index (κ1) is 16.4. The van der Waals surface area contributed by atoms with E-state index in [0.717, 1.165) is 0 Å². The van der Waals surface area contributed by atoms with Crippen LogP contribution in [-0.4, -0.2) is 34.1 Å². The molecule has 0 aliphatic heterocycles. The Morgan fingerprint density at radius 3 is 1.94 bits per heavy atom. The summed E-state index contributed by atoms with van der Waals surface area (Å²) in [6.45, 7) is 5.20. The molecule has 0 aliphatic carbocycles. The van der Waals surface area contributed by atoms with E-state index in [2.05, 4.69) is 5.32 Å². The smallest absolute Gasteiger partial charge is 0.326 e. The summed E-state index contributed by atoms with van der Waals surface area (Å²) >= 11 is 0. The number of carbonyl (C=O) groups is 3. The van der Waals surface area contributed by atoms with Crippen LogP contribution in [0.25, 0.3) is 0 Å². The molecule has 0 aromatic rings. The molecule has 18 heavy (non-hydrogen) atoms. The third kappa shape index (κ3) is 6.88. The topological polar surface area (TPSA) is 104 Å². The number of unbranched alkanes of at least 4 members (excludes halogenated alkanes) is 1. The summed E-state index contributed by atoms with van der Waals surface area (Å²) in [5, 5.41) is 19.9. The summed E-state index contributed by atoms with van der Waals surface area (Å²) < 4.78 is 0. The van der Waals surface area contributed by atoms with E-state index < -0.39 is 23.4 Å². The van der Waals surface area contributed by atoms with E-state index in [1.807, 2.05) is 0 Å². The largest absolute Gasteiger partial charge is 0.481 e. The molecular formula is C12H21NO5.